The van der Waals surface area contributed by atoms with E-state index in [1.165, 1.54) is 25.7 Å². The largest absolute Gasteiger partial charge is 0.393 e. The third-order valence-electron chi connectivity index (χ3n) is 8.54. The van der Waals surface area contributed by atoms with E-state index in [2.05, 4.69) is 13.8 Å². The lowest BCUT2D eigenvalue weighted by molar-refractivity contribution is -0.168. The molecular formula is C19H31FO2. The van der Waals surface area contributed by atoms with Crippen LogP contribution in [0, 0.1) is 34.5 Å². The fourth-order valence-electron chi connectivity index (χ4n) is 7.20. The molecule has 3 heteroatoms. The van der Waals surface area contributed by atoms with E-state index in [0.29, 0.717) is 23.7 Å². The van der Waals surface area contributed by atoms with Crippen LogP contribution in [0.5, 0.6) is 0 Å². The number of hydrogen-bond acceptors (Lipinski definition) is 2. The van der Waals surface area contributed by atoms with Crippen LogP contribution in [-0.4, -0.2) is 28.6 Å². The van der Waals surface area contributed by atoms with Crippen LogP contribution in [-0.2, 0) is 0 Å². The molecule has 126 valence electrons. The molecule has 0 aromatic heterocycles. The van der Waals surface area contributed by atoms with Crippen molar-refractivity contribution in [1.82, 2.24) is 0 Å². The van der Waals surface area contributed by atoms with Gasteiger partial charge in [0.2, 0.25) is 0 Å². The molecule has 0 unspecified atom stereocenters. The Hall–Kier alpha value is -0.150. The topological polar surface area (TPSA) is 40.5 Å². The number of alkyl halides is 1. The van der Waals surface area contributed by atoms with Gasteiger partial charge >= 0.3 is 0 Å². The Morgan fingerprint density at radius 2 is 1.68 bits per heavy atom. The molecule has 2 N–H and O–H groups in total. The summed E-state index contributed by atoms with van der Waals surface area (Å²) in [5.74, 6) is 1.53. The Kier molecular flexibility index (Phi) is 3.44. The Morgan fingerprint density at radius 3 is 2.45 bits per heavy atom. The van der Waals surface area contributed by atoms with Crippen LogP contribution in [0.25, 0.3) is 0 Å². The molecule has 0 saturated heterocycles. The lowest BCUT2D eigenvalue weighted by atomic mass is 9.44. The molecule has 0 aliphatic heterocycles. The number of aliphatic hydroxyl groups excluding tert-OH is 2. The summed E-state index contributed by atoms with van der Waals surface area (Å²) in [6.07, 6.45) is 6.27. The zero-order valence-corrected chi connectivity index (χ0v) is 14.0. The predicted molar refractivity (Wildman–Crippen MR) is 84.0 cm³/mol. The van der Waals surface area contributed by atoms with Crippen LogP contribution in [0.3, 0.4) is 0 Å². The van der Waals surface area contributed by atoms with Gasteiger partial charge in [-0.05, 0) is 73.0 Å². The molecule has 0 spiro atoms. The zero-order chi connectivity index (χ0) is 15.7. The minimum Gasteiger partial charge on any atom is -0.393 e. The van der Waals surface area contributed by atoms with E-state index in [0.717, 1.165) is 19.3 Å². The summed E-state index contributed by atoms with van der Waals surface area (Å²) in [5, 5.41) is 21.3. The maximum atomic E-state index is 14.2. The molecule has 0 aromatic carbocycles. The Morgan fingerprint density at radius 1 is 0.909 bits per heavy atom. The first kappa shape index (κ1) is 15.4. The smallest absolute Gasteiger partial charge is 0.127 e. The Bertz CT molecular complexity index is 455. The normalized spacial score (nSPS) is 61.2. The fourth-order valence-corrected chi connectivity index (χ4v) is 7.20. The summed E-state index contributed by atoms with van der Waals surface area (Å²) in [7, 11) is 0. The molecule has 4 rings (SSSR count). The summed E-state index contributed by atoms with van der Waals surface area (Å²) < 4.78 is 14.2. The molecule has 9 atom stereocenters. The van der Waals surface area contributed by atoms with Crippen LogP contribution in [0.4, 0.5) is 4.39 Å². The molecule has 2 nitrogen and oxygen atoms in total. The molecule has 4 aliphatic carbocycles. The molecule has 0 amide bonds. The molecule has 0 heterocycles. The Balaban J connectivity index is 1.70. The molecule has 0 aromatic rings. The van der Waals surface area contributed by atoms with Crippen molar-refractivity contribution in [2.24, 2.45) is 34.5 Å². The van der Waals surface area contributed by atoms with E-state index in [4.69, 9.17) is 0 Å². The van der Waals surface area contributed by atoms with Gasteiger partial charge in [0.15, 0.2) is 0 Å². The molecule has 22 heavy (non-hydrogen) atoms. The van der Waals surface area contributed by atoms with Crippen LogP contribution in [0.1, 0.15) is 65.2 Å². The number of halogens is 1. The van der Waals surface area contributed by atoms with E-state index >= 15 is 0 Å². The van der Waals surface area contributed by atoms with Gasteiger partial charge in [0.05, 0.1) is 12.2 Å². The summed E-state index contributed by atoms with van der Waals surface area (Å²) in [4.78, 5) is 0. The van der Waals surface area contributed by atoms with Gasteiger partial charge in [-0.1, -0.05) is 26.7 Å². The van der Waals surface area contributed by atoms with Gasteiger partial charge < -0.3 is 10.2 Å². The van der Waals surface area contributed by atoms with Crippen molar-refractivity contribution in [2.45, 2.75) is 83.6 Å². The van der Waals surface area contributed by atoms with E-state index in [1.807, 2.05) is 0 Å². The average Bonchev–Trinajstić information content (AvgIpc) is 2.71. The highest BCUT2D eigenvalue weighted by atomic mass is 19.1. The van der Waals surface area contributed by atoms with Crippen LogP contribution < -0.4 is 0 Å². The maximum Gasteiger partial charge on any atom is 0.127 e. The van der Waals surface area contributed by atoms with E-state index < -0.39 is 12.3 Å². The quantitative estimate of drug-likeness (QED) is 0.716. The first-order chi connectivity index (χ1) is 10.4. The summed E-state index contributed by atoms with van der Waals surface area (Å²) in [6, 6.07) is 0. The Labute approximate surface area is 133 Å². The van der Waals surface area contributed by atoms with E-state index in [-0.39, 0.29) is 23.4 Å². The minimum atomic E-state index is -1.10. The predicted octanol–water partition coefficient (Wildman–Crippen LogP) is 3.70. The molecule has 4 fully saturated rings. The minimum absolute atomic E-state index is 0.158. The highest BCUT2D eigenvalue weighted by Crippen LogP contribution is 2.66. The van der Waals surface area contributed by atoms with Crippen molar-refractivity contribution in [3.63, 3.8) is 0 Å². The fraction of sp³-hybridized carbons (Fsp3) is 1.00. The zero-order valence-electron chi connectivity index (χ0n) is 14.0. The molecule has 4 aliphatic rings. The van der Waals surface area contributed by atoms with Gasteiger partial charge in [-0.3, -0.25) is 0 Å². The van der Waals surface area contributed by atoms with Crippen LogP contribution >= 0.6 is 0 Å². The summed E-state index contributed by atoms with van der Waals surface area (Å²) >= 11 is 0. The van der Waals surface area contributed by atoms with Crippen molar-refractivity contribution in [1.29, 1.82) is 0 Å². The number of aliphatic hydroxyl groups is 2. The van der Waals surface area contributed by atoms with E-state index in [1.54, 1.807) is 0 Å². The van der Waals surface area contributed by atoms with Crippen LogP contribution in [0.2, 0.25) is 0 Å². The van der Waals surface area contributed by atoms with E-state index in [9.17, 15) is 14.6 Å². The standard InChI is InChI=1S/C19H31FO2/c1-18-7-4-3-5-11(18)9-15(21)16-12(18)6-8-19(2)13(16)10-14(20)17(19)22/h11-17,21-22H,3-10H2,1-2H3/t11-,12-,13-,14+,15+,16+,17-,18-,19-/m0/s1. The van der Waals surface area contributed by atoms with Gasteiger partial charge in [-0.2, -0.15) is 0 Å². The maximum absolute atomic E-state index is 14.2. The highest BCUT2D eigenvalue weighted by molar-refractivity contribution is 5.12. The highest BCUT2D eigenvalue weighted by Gasteiger charge is 2.64. The van der Waals surface area contributed by atoms with Gasteiger partial charge in [0.1, 0.15) is 6.17 Å². The number of hydrogen-bond donors (Lipinski definition) is 2. The first-order valence-corrected chi connectivity index (χ1v) is 9.38. The van der Waals surface area contributed by atoms with Crippen molar-refractivity contribution in [2.75, 3.05) is 0 Å². The van der Waals surface area contributed by atoms with Gasteiger partial charge in [0, 0.05) is 0 Å². The molecule has 0 bridgehead atoms. The summed E-state index contributed by atoms with van der Waals surface area (Å²) in [6.45, 7) is 4.52. The van der Waals surface area contributed by atoms with Crippen molar-refractivity contribution >= 4 is 0 Å². The van der Waals surface area contributed by atoms with Crippen molar-refractivity contribution < 1.29 is 14.6 Å². The van der Waals surface area contributed by atoms with Crippen molar-refractivity contribution in [3.8, 4) is 0 Å². The third-order valence-corrected chi connectivity index (χ3v) is 8.54. The number of fused-ring (bicyclic) bond motifs is 5. The second kappa shape index (κ2) is 4.92. The van der Waals surface area contributed by atoms with Gasteiger partial charge in [-0.25, -0.2) is 4.39 Å². The summed E-state index contributed by atoms with van der Waals surface area (Å²) in [5.41, 5.74) is 0.0161. The van der Waals surface area contributed by atoms with Gasteiger partial charge in [0.25, 0.3) is 0 Å². The molecular weight excluding hydrogens is 279 g/mol. The van der Waals surface area contributed by atoms with Gasteiger partial charge in [-0.15, -0.1) is 0 Å². The molecule has 4 saturated carbocycles. The molecule has 0 radical (unpaired) electrons. The second-order valence-electron chi connectivity index (χ2n) is 9.28. The number of rotatable bonds is 0. The average molecular weight is 310 g/mol. The van der Waals surface area contributed by atoms with Crippen molar-refractivity contribution in [3.05, 3.63) is 0 Å². The van der Waals surface area contributed by atoms with Crippen LogP contribution in [0.15, 0.2) is 0 Å². The lowest BCUT2D eigenvalue weighted by Gasteiger charge is -2.61. The monoisotopic (exact) mass is 310 g/mol. The third kappa shape index (κ3) is 1.84. The SMILES string of the molecule is C[C@]12CCCC[C@H]1C[C@@H](O)[C@@H]1[C@@H]2CC[C@]2(C)[C@@H](O)[C@H](F)C[C@@H]12. The first-order valence-electron chi connectivity index (χ1n) is 9.38. The second-order valence-corrected chi connectivity index (χ2v) is 9.28. The lowest BCUT2D eigenvalue weighted by Crippen LogP contribution is -2.58.